The van der Waals surface area contributed by atoms with Gasteiger partial charge in [0.05, 0.1) is 18.2 Å². The number of carbonyl (C=O) groups is 2. The molecule has 0 fully saturated rings. The fraction of sp³-hybridized carbons (Fsp3) is 0.176. The largest absolute Gasteiger partial charge is 0.478 e. The maximum atomic E-state index is 11.2. The van der Waals surface area contributed by atoms with E-state index in [1.807, 2.05) is 37.3 Å². The molecule has 0 spiro atoms. The van der Waals surface area contributed by atoms with Crippen LogP contribution in [0.5, 0.6) is 0 Å². The van der Waals surface area contributed by atoms with Gasteiger partial charge in [-0.2, -0.15) is 0 Å². The lowest BCUT2D eigenvalue weighted by Crippen LogP contribution is -2.03. The van der Waals surface area contributed by atoms with Crippen LogP contribution in [0.1, 0.15) is 31.8 Å². The number of methoxy groups -OCH3 is 1. The number of carbonyl (C=O) groups excluding carboxylic acids is 1. The summed E-state index contributed by atoms with van der Waals surface area (Å²) in [6.45, 7) is 3.68. The summed E-state index contributed by atoms with van der Waals surface area (Å²) in [7, 11) is 8.75. The first-order chi connectivity index (χ1) is 12.5. The number of ether oxygens (including phenoxy) is 1. The van der Waals surface area contributed by atoms with Crippen molar-refractivity contribution in [1.82, 2.24) is 0 Å². The van der Waals surface area contributed by atoms with E-state index < -0.39 is 15.2 Å². The third-order valence-corrected chi connectivity index (χ3v) is 4.38. The fourth-order valence-electron chi connectivity index (χ4n) is 1.75. The van der Waals surface area contributed by atoms with Crippen LogP contribution in [0.4, 0.5) is 0 Å². The number of halogens is 4. The molecule has 0 heterocycles. The van der Waals surface area contributed by atoms with Gasteiger partial charge in [-0.3, -0.25) is 0 Å². The first-order valence-corrected chi connectivity index (χ1v) is 12.0. The van der Waals surface area contributed by atoms with E-state index in [2.05, 4.69) is 71.3 Å². The molecule has 148 valence electrons. The molecule has 1 N–H and O–H groups in total. The summed E-state index contributed by atoms with van der Waals surface area (Å²) in [5.41, 5.74) is 2.78. The number of benzene rings is 2. The number of esters is 1. The van der Waals surface area contributed by atoms with E-state index in [1.54, 1.807) is 13.0 Å². The van der Waals surface area contributed by atoms with E-state index in [1.165, 1.54) is 7.11 Å². The van der Waals surface area contributed by atoms with Gasteiger partial charge < -0.3 is 9.84 Å². The summed E-state index contributed by atoms with van der Waals surface area (Å²) in [5.74, 6) is -1.13. The molecule has 0 atom stereocenters. The molecule has 2 aromatic rings. The Labute approximate surface area is 196 Å². The molecule has 0 aliphatic heterocycles. The number of carboxylic acid groups (broad SMARTS) is 1. The molecule has 0 saturated heterocycles. The number of aryl methyl sites for hydroxylation is 2. The predicted molar refractivity (Wildman–Crippen MR) is 126 cm³/mol. The quantitative estimate of drug-likeness (QED) is 0.254. The second-order valence-electron chi connectivity index (χ2n) is 4.90. The zero-order valence-corrected chi connectivity index (χ0v) is 21.1. The smallest absolute Gasteiger partial charge is 0.338 e. The zero-order chi connectivity index (χ0) is 21.1. The average Bonchev–Trinajstić information content (AvgIpc) is 2.58. The summed E-state index contributed by atoms with van der Waals surface area (Å²) in [5, 5.41) is 8.69. The third kappa shape index (κ3) is 11.2. The van der Waals surface area contributed by atoms with E-state index >= 15 is 0 Å². The van der Waals surface area contributed by atoms with Crippen molar-refractivity contribution in [2.75, 3.05) is 7.11 Å². The molecule has 0 unspecified atom stereocenters. The van der Waals surface area contributed by atoms with Gasteiger partial charge in [-0.1, -0.05) is 12.1 Å². The lowest BCUT2D eigenvalue weighted by Gasteiger charge is -2.03. The Morgan fingerprint density at radius 3 is 1.67 bits per heavy atom. The molecule has 0 aromatic heterocycles. The van der Waals surface area contributed by atoms with Gasteiger partial charge in [0.1, 0.15) is 0 Å². The minimum Gasteiger partial charge on any atom is -0.478 e. The highest BCUT2D eigenvalue weighted by atomic mass is 127. The van der Waals surface area contributed by atoms with Crippen molar-refractivity contribution in [2.24, 2.45) is 0 Å². The normalized spacial score (nSPS) is 9.48. The molecule has 0 aliphatic carbocycles. The van der Waals surface area contributed by atoms with Crippen molar-refractivity contribution in [3.8, 4) is 0 Å². The van der Waals surface area contributed by atoms with Gasteiger partial charge in [-0.25, -0.2) is 13.8 Å². The van der Waals surface area contributed by atoms with Crippen LogP contribution >= 0.6 is 66.5 Å². The van der Waals surface area contributed by atoms with E-state index in [0.717, 1.165) is 18.3 Å². The van der Waals surface area contributed by atoms with Crippen LogP contribution in [0.2, 0.25) is 0 Å². The Hall–Kier alpha value is -0.430. The van der Waals surface area contributed by atoms with Crippen LogP contribution in [0.3, 0.4) is 0 Å². The Kier molecular flexibility index (Phi) is 13.5. The fourth-order valence-corrected chi connectivity index (χ4v) is 2.73. The lowest BCUT2D eigenvalue weighted by molar-refractivity contribution is 0.0599. The van der Waals surface area contributed by atoms with E-state index in [4.69, 9.17) is 9.32 Å². The van der Waals surface area contributed by atoms with Gasteiger partial charge in [0.15, 0.2) is 0 Å². The summed E-state index contributed by atoms with van der Waals surface area (Å²) in [6.07, 6.45) is 0. The maximum absolute atomic E-state index is 11.2. The topological polar surface area (TPSA) is 80.7 Å². The molecule has 5 nitrogen and oxygen atoms in total. The minimum absolute atomic E-state index is 0.272. The lowest BCUT2D eigenvalue weighted by atomic mass is 10.1. The van der Waals surface area contributed by atoms with Gasteiger partial charge in [-0.05, 0) is 94.4 Å². The Balaban J connectivity index is 0.000000421. The third-order valence-electron chi connectivity index (χ3n) is 3.03. The maximum Gasteiger partial charge on any atom is 0.338 e. The van der Waals surface area contributed by atoms with Gasteiger partial charge in [0.2, 0.25) is 9.23 Å². The summed E-state index contributed by atoms with van der Waals surface area (Å²) >= 11 is 4.26. The first kappa shape index (κ1) is 26.6. The highest BCUT2D eigenvalue weighted by Crippen LogP contribution is 2.14. The number of hydrogen-bond donors (Lipinski definition) is 1. The number of aromatic carboxylic acids is 1. The molecule has 0 radical (unpaired) electrons. The van der Waals surface area contributed by atoms with Gasteiger partial charge in [-0.15, -0.1) is 0 Å². The highest BCUT2D eigenvalue weighted by Gasteiger charge is 2.08. The van der Waals surface area contributed by atoms with Gasteiger partial charge >= 0.3 is 11.9 Å². The van der Waals surface area contributed by atoms with Gasteiger partial charge in [0, 0.05) is 28.5 Å². The summed E-state index contributed by atoms with van der Waals surface area (Å²) in [4.78, 5) is 21.7. The summed E-state index contributed by atoms with van der Waals surface area (Å²) in [6, 6.07) is 11.1. The molecule has 2 aromatic carbocycles. The van der Waals surface area contributed by atoms with Crippen LogP contribution in [0.15, 0.2) is 36.4 Å². The van der Waals surface area contributed by atoms with Crippen molar-refractivity contribution in [2.45, 2.75) is 13.8 Å². The van der Waals surface area contributed by atoms with Crippen molar-refractivity contribution < 1.29 is 23.6 Å². The average molecular weight is 657 g/mol. The molecule has 0 saturated carbocycles. The molecular formula is C17H16Cl2I2O5S. The van der Waals surface area contributed by atoms with Crippen LogP contribution in [0.25, 0.3) is 0 Å². The Morgan fingerprint density at radius 1 is 0.963 bits per heavy atom. The first-order valence-electron chi connectivity index (χ1n) is 7.07. The van der Waals surface area contributed by atoms with Crippen molar-refractivity contribution >= 4 is 87.7 Å². The van der Waals surface area contributed by atoms with Crippen LogP contribution in [-0.2, 0) is 14.0 Å². The second-order valence-corrected chi connectivity index (χ2v) is 9.92. The van der Waals surface area contributed by atoms with Gasteiger partial charge in [0.25, 0.3) is 0 Å². The number of carboxylic acids is 1. The molecule has 0 amide bonds. The minimum atomic E-state index is -1.67. The molecule has 2 rings (SSSR count). The standard InChI is InChI=1S/C9H9IO2.C8H7IO2.Cl2OS/c1-6-3-4-7(10)5-8(6)9(11)12-2;1-5-2-3-6(9)4-7(5)8(10)11;1-4(2)3/h3-5H,1-2H3;2-4H,1H3,(H,10,11);. The van der Waals surface area contributed by atoms with Crippen molar-refractivity contribution in [3.05, 3.63) is 65.8 Å². The number of hydrogen-bond acceptors (Lipinski definition) is 4. The van der Waals surface area contributed by atoms with E-state index in [9.17, 15) is 9.59 Å². The molecule has 27 heavy (non-hydrogen) atoms. The molecule has 0 aliphatic rings. The Morgan fingerprint density at radius 2 is 1.33 bits per heavy atom. The van der Waals surface area contributed by atoms with Crippen LogP contribution < -0.4 is 0 Å². The van der Waals surface area contributed by atoms with Crippen molar-refractivity contribution in [1.29, 1.82) is 0 Å². The van der Waals surface area contributed by atoms with E-state index in [-0.39, 0.29) is 5.97 Å². The molecule has 0 bridgehead atoms. The molecule has 10 heteroatoms. The highest BCUT2D eigenvalue weighted by molar-refractivity contribution is 14.1. The summed E-state index contributed by atoms with van der Waals surface area (Å²) < 4.78 is 15.7. The monoisotopic (exact) mass is 656 g/mol. The molecular weight excluding hydrogens is 641 g/mol. The number of rotatable bonds is 2. The van der Waals surface area contributed by atoms with Crippen LogP contribution in [-0.4, -0.2) is 28.4 Å². The van der Waals surface area contributed by atoms with Crippen molar-refractivity contribution in [3.63, 3.8) is 0 Å². The predicted octanol–water partition coefficient (Wildman–Crippen LogP) is 5.73. The second kappa shape index (κ2) is 13.7. The zero-order valence-electron chi connectivity index (χ0n) is 14.5. The Bertz CT molecular complexity index is 827. The van der Waals surface area contributed by atoms with Crippen LogP contribution in [0, 0.1) is 21.0 Å². The SMILES string of the molecule is COC(=O)c1cc(I)ccc1C.Cc1ccc(I)cc1C(=O)O.O=S(Cl)Cl. The van der Waals surface area contributed by atoms with E-state index in [0.29, 0.717) is 11.1 Å².